The minimum absolute atomic E-state index is 0.358. The Morgan fingerprint density at radius 2 is 1.90 bits per heavy atom. The molecule has 114 valence electrons. The Morgan fingerprint density at radius 1 is 1.29 bits per heavy atom. The van der Waals surface area contributed by atoms with Gasteiger partial charge in [-0.2, -0.15) is 0 Å². The van der Waals surface area contributed by atoms with Gasteiger partial charge in [-0.25, -0.2) is 9.18 Å². The van der Waals surface area contributed by atoms with Crippen LogP contribution in [0.5, 0.6) is 0 Å². The van der Waals surface area contributed by atoms with Crippen LogP contribution in [0.25, 0.3) is 0 Å². The van der Waals surface area contributed by atoms with Crippen LogP contribution in [0.15, 0.2) is 24.3 Å². The zero-order valence-corrected chi connectivity index (χ0v) is 13.0. The molecule has 0 bridgehead atoms. The minimum Gasteiger partial charge on any atom is -0.465 e. The highest BCUT2D eigenvalue weighted by Gasteiger charge is 2.58. The van der Waals surface area contributed by atoms with Gasteiger partial charge in [0, 0.05) is 0 Å². The van der Waals surface area contributed by atoms with E-state index in [2.05, 4.69) is 0 Å². The fourth-order valence-electron chi connectivity index (χ4n) is 2.47. The number of halogens is 1. The number of benzene rings is 1. The van der Waals surface area contributed by atoms with Gasteiger partial charge in [-0.15, -0.1) is 0 Å². The van der Waals surface area contributed by atoms with Crippen LogP contribution in [-0.4, -0.2) is 37.6 Å². The summed E-state index contributed by atoms with van der Waals surface area (Å²) >= 11 is 0. The molecule has 21 heavy (non-hydrogen) atoms. The van der Waals surface area contributed by atoms with Crippen molar-refractivity contribution < 1.29 is 23.2 Å². The maximum atomic E-state index is 14.0. The molecule has 0 amide bonds. The largest absolute Gasteiger partial charge is 0.495 e. The molecule has 1 saturated heterocycles. The second-order valence-corrected chi connectivity index (χ2v) is 5.88. The van der Waals surface area contributed by atoms with Crippen LogP contribution >= 0.6 is 0 Å². The lowest BCUT2D eigenvalue weighted by Gasteiger charge is -2.37. The summed E-state index contributed by atoms with van der Waals surface area (Å²) in [4.78, 5) is 11.8. The molecule has 1 aromatic carbocycles. The number of methoxy groups -OCH3 is 1. The first kappa shape index (κ1) is 16.0. The number of rotatable bonds is 3. The Morgan fingerprint density at radius 3 is 2.43 bits per heavy atom. The van der Waals surface area contributed by atoms with Gasteiger partial charge >= 0.3 is 13.1 Å². The molecular formula is C15H20BFO4. The zero-order chi connectivity index (χ0) is 15.8. The Labute approximate surface area is 124 Å². The molecule has 1 aromatic rings. The monoisotopic (exact) mass is 294 g/mol. The summed E-state index contributed by atoms with van der Waals surface area (Å²) in [6.07, 6.45) is -1.22. The van der Waals surface area contributed by atoms with Crippen LogP contribution in [0.1, 0.15) is 38.1 Å². The molecule has 2 unspecified atom stereocenters. The van der Waals surface area contributed by atoms with Gasteiger partial charge in [0.2, 0.25) is 0 Å². The number of esters is 1. The molecule has 1 heterocycles. The van der Waals surface area contributed by atoms with Gasteiger partial charge in [0.05, 0.1) is 18.3 Å². The maximum absolute atomic E-state index is 14.0. The average Bonchev–Trinajstić information content (AvgIpc) is 2.69. The van der Waals surface area contributed by atoms with Gasteiger partial charge in [-0.1, -0.05) is 18.2 Å². The number of ether oxygens (including phenoxy) is 1. The molecule has 1 fully saturated rings. The van der Waals surface area contributed by atoms with E-state index in [1.165, 1.54) is 14.0 Å². The van der Waals surface area contributed by atoms with Crippen molar-refractivity contribution in [2.24, 2.45) is 0 Å². The fourth-order valence-corrected chi connectivity index (χ4v) is 2.47. The number of hydrogen-bond donors (Lipinski definition) is 0. The van der Waals surface area contributed by atoms with Crippen LogP contribution in [0.2, 0.25) is 0 Å². The third kappa shape index (κ3) is 2.58. The Kier molecular flexibility index (Phi) is 4.13. The lowest BCUT2D eigenvalue weighted by atomic mass is 9.76. The summed E-state index contributed by atoms with van der Waals surface area (Å²) in [5.41, 5.74) is -1.02. The van der Waals surface area contributed by atoms with Gasteiger partial charge in [0.15, 0.2) is 0 Å². The summed E-state index contributed by atoms with van der Waals surface area (Å²) in [5.74, 6) is -0.475. The van der Waals surface area contributed by atoms with Crippen molar-refractivity contribution in [3.63, 3.8) is 0 Å². The summed E-state index contributed by atoms with van der Waals surface area (Å²) in [6, 6.07) is 6.86. The second kappa shape index (κ2) is 5.42. The molecule has 2 rings (SSSR count). The summed E-state index contributed by atoms with van der Waals surface area (Å²) < 4.78 is 30.5. The third-order valence-corrected chi connectivity index (χ3v) is 4.33. The van der Waals surface area contributed by atoms with Crippen molar-refractivity contribution in [2.45, 2.75) is 45.1 Å². The van der Waals surface area contributed by atoms with E-state index >= 15 is 0 Å². The van der Waals surface area contributed by atoms with E-state index in [0.29, 0.717) is 11.0 Å². The smallest absolute Gasteiger partial charge is 0.465 e. The van der Waals surface area contributed by atoms with Crippen LogP contribution in [-0.2, 0) is 14.0 Å². The molecule has 0 N–H and O–H groups in total. The van der Waals surface area contributed by atoms with Crippen molar-refractivity contribution >= 4 is 18.6 Å². The summed E-state index contributed by atoms with van der Waals surface area (Å²) in [5, 5.41) is 0. The van der Waals surface area contributed by atoms with E-state index in [0.717, 1.165) is 0 Å². The van der Waals surface area contributed by atoms with Crippen LogP contribution in [0, 0.1) is 0 Å². The standard InChI is InChI=1S/C15H20BFO4/c1-10(17)15(4)14(2,3)20-16(21-15)12-9-7-6-8-11(12)13(18)19-5/h6-10H,1-5H3. The number of carbonyl (C=O) groups is 1. The number of hydrogen-bond acceptors (Lipinski definition) is 4. The zero-order valence-electron chi connectivity index (χ0n) is 13.0. The van der Waals surface area contributed by atoms with Crippen molar-refractivity contribution in [3.05, 3.63) is 29.8 Å². The molecular weight excluding hydrogens is 274 g/mol. The minimum atomic E-state index is -1.22. The van der Waals surface area contributed by atoms with Crippen LogP contribution < -0.4 is 5.46 Å². The van der Waals surface area contributed by atoms with E-state index in [-0.39, 0.29) is 0 Å². The molecule has 1 aliphatic heterocycles. The van der Waals surface area contributed by atoms with Crippen LogP contribution in [0.3, 0.4) is 0 Å². The normalized spacial score (nSPS) is 25.7. The lowest BCUT2D eigenvalue weighted by molar-refractivity contribution is -0.0595. The van der Waals surface area contributed by atoms with Crippen molar-refractivity contribution in [1.29, 1.82) is 0 Å². The molecule has 0 saturated carbocycles. The number of carbonyl (C=O) groups excluding carboxylic acids is 1. The van der Waals surface area contributed by atoms with E-state index < -0.39 is 30.5 Å². The molecule has 0 spiro atoms. The first-order valence-electron chi connectivity index (χ1n) is 6.90. The van der Waals surface area contributed by atoms with Crippen molar-refractivity contribution in [2.75, 3.05) is 7.11 Å². The SMILES string of the molecule is COC(=O)c1ccccc1B1OC(C)(C)C(C)(C(C)F)O1. The van der Waals surface area contributed by atoms with Gasteiger partial charge in [-0.05, 0) is 39.2 Å². The number of alkyl halides is 1. The maximum Gasteiger partial charge on any atom is 0.495 e. The predicted molar refractivity (Wildman–Crippen MR) is 78.4 cm³/mol. The molecule has 0 aromatic heterocycles. The van der Waals surface area contributed by atoms with Crippen LogP contribution in [0.4, 0.5) is 4.39 Å². The Balaban J connectivity index is 2.40. The van der Waals surface area contributed by atoms with Gasteiger partial charge in [0.25, 0.3) is 0 Å². The lowest BCUT2D eigenvalue weighted by Crippen LogP contribution is -2.51. The van der Waals surface area contributed by atoms with E-state index in [4.69, 9.17) is 14.0 Å². The quantitative estimate of drug-likeness (QED) is 0.632. The molecule has 4 nitrogen and oxygen atoms in total. The highest BCUT2D eigenvalue weighted by atomic mass is 19.1. The van der Waals surface area contributed by atoms with Crippen molar-refractivity contribution in [3.8, 4) is 0 Å². The molecule has 6 heteroatoms. The van der Waals surface area contributed by atoms with E-state index in [1.807, 2.05) is 0 Å². The topological polar surface area (TPSA) is 44.8 Å². The van der Waals surface area contributed by atoms with E-state index in [1.54, 1.807) is 45.0 Å². The van der Waals surface area contributed by atoms with E-state index in [9.17, 15) is 9.18 Å². The highest BCUT2D eigenvalue weighted by molar-refractivity contribution is 6.63. The third-order valence-electron chi connectivity index (χ3n) is 4.33. The first-order chi connectivity index (χ1) is 9.73. The molecule has 1 aliphatic rings. The molecule has 2 atom stereocenters. The average molecular weight is 294 g/mol. The molecule has 0 radical (unpaired) electrons. The first-order valence-corrected chi connectivity index (χ1v) is 6.90. The van der Waals surface area contributed by atoms with Gasteiger partial charge < -0.3 is 14.0 Å². The predicted octanol–water partition coefficient (Wildman–Crippen LogP) is 2.11. The summed E-state index contributed by atoms with van der Waals surface area (Å²) in [7, 11) is 0.506. The van der Waals surface area contributed by atoms with Crippen molar-refractivity contribution in [1.82, 2.24) is 0 Å². The highest BCUT2D eigenvalue weighted by Crippen LogP contribution is 2.40. The molecule has 0 aliphatic carbocycles. The van der Waals surface area contributed by atoms with Gasteiger partial charge in [0.1, 0.15) is 11.8 Å². The second-order valence-electron chi connectivity index (χ2n) is 5.88. The Hall–Kier alpha value is -1.40. The summed E-state index contributed by atoms with van der Waals surface area (Å²) in [6.45, 7) is 6.69. The van der Waals surface area contributed by atoms with Gasteiger partial charge in [-0.3, -0.25) is 0 Å². The Bertz CT molecular complexity index is 546. The fraction of sp³-hybridized carbons (Fsp3) is 0.533.